The Balaban J connectivity index is 2.38. The van der Waals surface area contributed by atoms with Gasteiger partial charge in [0.05, 0.1) is 0 Å². The Hall–Kier alpha value is -0.820. The standard InChI is InChI=1S/C15H24N/c1-3-5-9-13-16(12-4-2)14-15-10-7-6-8-11-15/h6-8,10-11H,1,3-5,9,12-14H2,2H3. The van der Waals surface area contributed by atoms with Gasteiger partial charge in [-0.15, -0.1) is 0 Å². The van der Waals surface area contributed by atoms with E-state index in [2.05, 4.69) is 49.1 Å². The Labute approximate surface area is 100 Å². The van der Waals surface area contributed by atoms with E-state index in [9.17, 15) is 0 Å². The Morgan fingerprint density at radius 2 is 1.81 bits per heavy atom. The minimum absolute atomic E-state index is 1.06. The van der Waals surface area contributed by atoms with Crippen molar-refractivity contribution in [3.05, 3.63) is 42.8 Å². The molecule has 0 atom stereocenters. The highest BCUT2D eigenvalue weighted by Crippen LogP contribution is 2.07. The summed E-state index contributed by atoms with van der Waals surface area (Å²) < 4.78 is 0. The molecule has 0 N–H and O–H groups in total. The van der Waals surface area contributed by atoms with Gasteiger partial charge in [0.15, 0.2) is 0 Å². The highest BCUT2D eigenvalue weighted by atomic mass is 15.1. The third kappa shape index (κ3) is 5.32. The number of benzene rings is 1. The molecule has 0 spiro atoms. The van der Waals surface area contributed by atoms with Crippen LogP contribution in [0.15, 0.2) is 30.3 Å². The first-order chi connectivity index (χ1) is 7.86. The van der Waals surface area contributed by atoms with Crippen LogP contribution >= 0.6 is 0 Å². The van der Waals surface area contributed by atoms with Gasteiger partial charge in [-0.3, -0.25) is 4.90 Å². The van der Waals surface area contributed by atoms with E-state index in [1.807, 2.05) is 0 Å². The van der Waals surface area contributed by atoms with Crippen molar-refractivity contribution < 1.29 is 0 Å². The monoisotopic (exact) mass is 218 g/mol. The van der Waals surface area contributed by atoms with Gasteiger partial charge in [-0.25, -0.2) is 0 Å². The van der Waals surface area contributed by atoms with Gasteiger partial charge in [0.25, 0.3) is 0 Å². The molecular weight excluding hydrogens is 194 g/mol. The van der Waals surface area contributed by atoms with Crippen molar-refractivity contribution in [3.63, 3.8) is 0 Å². The van der Waals surface area contributed by atoms with E-state index in [4.69, 9.17) is 0 Å². The largest absolute Gasteiger partial charge is 0.299 e. The number of hydrogen-bond donors (Lipinski definition) is 0. The van der Waals surface area contributed by atoms with E-state index in [1.165, 1.54) is 37.9 Å². The van der Waals surface area contributed by atoms with Crippen LogP contribution in [-0.2, 0) is 6.54 Å². The predicted molar refractivity (Wildman–Crippen MR) is 71.2 cm³/mol. The fourth-order valence-corrected chi connectivity index (χ4v) is 1.94. The molecule has 1 heteroatoms. The average Bonchev–Trinajstić information content (AvgIpc) is 2.31. The molecule has 1 aromatic rings. The maximum absolute atomic E-state index is 3.89. The molecule has 0 fully saturated rings. The lowest BCUT2D eigenvalue weighted by Gasteiger charge is -2.21. The molecule has 0 heterocycles. The van der Waals surface area contributed by atoms with Gasteiger partial charge in [-0.1, -0.05) is 57.0 Å². The number of hydrogen-bond acceptors (Lipinski definition) is 1. The second-order valence-corrected chi connectivity index (χ2v) is 4.32. The third-order valence-electron chi connectivity index (χ3n) is 2.76. The summed E-state index contributed by atoms with van der Waals surface area (Å²) in [4.78, 5) is 2.55. The van der Waals surface area contributed by atoms with Crippen LogP contribution in [0.4, 0.5) is 0 Å². The first-order valence-electron chi connectivity index (χ1n) is 6.42. The first kappa shape index (κ1) is 13.2. The smallest absolute Gasteiger partial charge is 0.0233 e. The Kier molecular flexibility index (Phi) is 6.91. The highest BCUT2D eigenvalue weighted by Gasteiger charge is 2.03. The quantitative estimate of drug-likeness (QED) is 0.598. The summed E-state index contributed by atoms with van der Waals surface area (Å²) in [6.07, 6.45) is 4.81. The van der Waals surface area contributed by atoms with Crippen molar-refractivity contribution in [1.82, 2.24) is 4.90 Å². The molecule has 89 valence electrons. The van der Waals surface area contributed by atoms with E-state index in [1.54, 1.807) is 0 Å². The average molecular weight is 218 g/mol. The number of unbranched alkanes of at least 4 members (excludes halogenated alkanes) is 2. The summed E-state index contributed by atoms with van der Waals surface area (Å²) in [5.41, 5.74) is 1.42. The van der Waals surface area contributed by atoms with E-state index in [0.717, 1.165) is 13.0 Å². The van der Waals surface area contributed by atoms with E-state index >= 15 is 0 Å². The molecule has 16 heavy (non-hydrogen) atoms. The Morgan fingerprint density at radius 3 is 2.44 bits per heavy atom. The lowest BCUT2D eigenvalue weighted by molar-refractivity contribution is 0.260. The molecule has 0 unspecified atom stereocenters. The summed E-state index contributed by atoms with van der Waals surface area (Å²) in [6.45, 7) is 9.64. The first-order valence-corrected chi connectivity index (χ1v) is 6.42. The topological polar surface area (TPSA) is 3.24 Å². The van der Waals surface area contributed by atoms with Crippen molar-refractivity contribution in [2.75, 3.05) is 13.1 Å². The number of nitrogens with zero attached hydrogens (tertiary/aromatic N) is 1. The van der Waals surface area contributed by atoms with Crippen LogP contribution in [0.3, 0.4) is 0 Å². The maximum atomic E-state index is 3.89. The van der Waals surface area contributed by atoms with Gasteiger partial charge in [0, 0.05) is 6.54 Å². The Bertz CT molecular complexity index is 255. The summed E-state index contributed by atoms with van der Waals surface area (Å²) >= 11 is 0. The molecule has 0 aromatic heterocycles. The van der Waals surface area contributed by atoms with Crippen molar-refractivity contribution >= 4 is 0 Å². The SMILES string of the molecule is [CH2]CCCCN(CCC)Cc1ccccc1. The summed E-state index contributed by atoms with van der Waals surface area (Å²) in [5.74, 6) is 0. The second kappa shape index (κ2) is 8.35. The van der Waals surface area contributed by atoms with Gasteiger partial charge >= 0.3 is 0 Å². The van der Waals surface area contributed by atoms with Crippen LogP contribution in [0, 0.1) is 6.92 Å². The number of rotatable bonds is 8. The van der Waals surface area contributed by atoms with E-state index in [-0.39, 0.29) is 0 Å². The third-order valence-corrected chi connectivity index (χ3v) is 2.76. The molecule has 0 aliphatic heterocycles. The van der Waals surface area contributed by atoms with Crippen LogP contribution in [-0.4, -0.2) is 18.0 Å². The summed E-state index contributed by atoms with van der Waals surface area (Å²) in [5, 5.41) is 0. The molecule has 0 bridgehead atoms. The van der Waals surface area contributed by atoms with Crippen LogP contribution in [0.25, 0.3) is 0 Å². The molecule has 1 radical (unpaired) electrons. The van der Waals surface area contributed by atoms with Crippen molar-refractivity contribution in [1.29, 1.82) is 0 Å². The second-order valence-electron chi connectivity index (χ2n) is 4.32. The van der Waals surface area contributed by atoms with Gasteiger partial charge < -0.3 is 0 Å². The summed E-state index contributed by atoms with van der Waals surface area (Å²) in [6, 6.07) is 10.7. The van der Waals surface area contributed by atoms with Crippen LogP contribution in [0.5, 0.6) is 0 Å². The van der Waals surface area contributed by atoms with Crippen LogP contribution in [0.2, 0.25) is 0 Å². The molecule has 0 saturated carbocycles. The van der Waals surface area contributed by atoms with Crippen molar-refractivity contribution in [2.45, 2.75) is 39.2 Å². The van der Waals surface area contributed by atoms with Gasteiger partial charge in [0.2, 0.25) is 0 Å². The van der Waals surface area contributed by atoms with E-state index in [0.29, 0.717) is 0 Å². The van der Waals surface area contributed by atoms with Crippen molar-refractivity contribution in [3.8, 4) is 0 Å². The fourth-order valence-electron chi connectivity index (χ4n) is 1.94. The summed E-state index contributed by atoms with van der Waals surface area (Å²) in [7, 11) is 0. The molecule has 0 aliphatic carbocycles. The van der Waals surface area contributed by atoms with Gasteiger partial charge in [-0.05, 0) is 31.5 Å². The molecule has 1 nitrogen and oxygen atoms in total. The van der Waals surface area contributed by atoms with Gasteiger partial charge in [0.1, 0.15) is 0 Å². The van der Waals surface area contributed by atoms with E-state index < -0.39 is 0 Å². The highest BCUT2D eigenvalue weighted by molar-refractivity contribution is 5.14. The molecule has 0 saturated heterocycles. The normalized spacial score (nSPS) is 10.9. The zero-order valence-electron chi connectivity index (χ0n) is 10.5. The molecular formula is C15H24N. The fraction of sp³-hybridized carbons (Fsp3) is 0.533. The molecule has 1 aromatic carbocycles. The minimum Gasteiger partial charge on any atom is -0.299 e. The zero-order valence-corrected chi connectivity index (χ0v) is 10.5. The minimum atomic E-state index is 1.06. The van der Waals surface area contributed by atoms with Crippen LogP contribution < -0.4 is 0 Å². The molecule has 1 rings (SSSR count). The van der Waals surface area contributed by atoms with Crippen molar-refractivity contribution in [2.24, 2.45) is 0 Å². The molecule has 0 amide bonds. The maximum Gasteiger partial charge on any atom is 0.0233 e. The predicted octanol–water partition coefficient (Wildman–Crippen LogP) is 3.90. The lowest BCUT2D eigenvalue weighted by Crippen LogP contribution is -2.25. The molecule has 0 aliphatic rings. The van der Waals surface area contributed by atoms with Gasteiger partial charge in [-0.2, -0.15) is 0 Å². The van der Waals surface area contributed by atoms with Crippen LogP contribution in [0.1, 0.15) is 38.2 Å². The lowest BCUT2D eigenvalue weighted by atomic mass is 10.2. The Morgan fingerprint density at radius 1 is 1.06 bits per heavy atom. The zero-order chi connectivity index (χ0) is 11.6.